The first-order valence-corrected chi connectivity index (χ1v) is 7.26. The Kier molecular flexibility index (Phi) is 4.55. The molecule has 18 heavy (non-hydrogen) atoms. The van der Waals surface area contributed by atoms with Crippen LogP contribution in [0.3, 0.4) is 0 Å². The molecule has 0 spiro atoms. The molecule has 0 unspecified atom stereocenters. The van der Waals surface area contributed by atoms with Gasteiger partial charge in [-0.15, -0.1) is 0 Å². The van der Waals surface area contributed by atoms with Crippen molar-refractivity contribution in [1.82, 2.24) is 9.97 Å². The van der Waals surface area contributed by atoms with Crippen LogP contribution in [0.2, 0.25) is 5.15 Å². The van der Waals surface area contributed by atoms with E-state index in [-0.39, 0.29) is 0 Å². The van der Waals surface area contributed by atoms with Crippen molar-refractivity contribution in [3.63, 3.8) is 0 Å². The maximum absolute atomic E-state index is 6.16. The molecule has 0 saturated heterocycles. The van der Waals surface area contributed by atoms with Crippen LogP contribution in [0.4, 0.5) is 5.82 Å². The molecule has 0 aliphatic rings. The summed E-state index contributed by atoms with van der Waals surface area (Å²) in [5.74, 6) is 0.933. The first-order valence-electron chi connectivity index (χ1n) is 5.94. The molecule has 0 aliphatic carbocycles. The standard InChI is InChI=1S/C13H16ClN3S/c1-3-4-11-12(14)15-9-16-13(11)17(2)7-10-5-6-18-8-10/h5-6,8-9H,3-4,7H2,1-2H3. The predicted octanol–water partition coefficient (Wildman–Crippen LogP) is 3.78. The van der Waals surface area contributed by atoms with Gasteiger partial charge in [0.25, 0.3) is 0 Å². The van der Waals surface area contributed by atoms with Gasteiger partial charge < -0.3 is 4.90 Å². The molecule has 0 atom stereocenters. The lowest BCUT2D eigenvalue weighted by Gasteiger charge is -2.20. The van der Waals surface area contributed by atoms with Crippen LogP contribution in [0.25, 0.3) is 0 Å². The van der Waals surface area contributed by atoms with E-state index in [2.05, 4.69) is 38.6 Å². The summed E-state index contributed by atoms with van der Waals surface area (Å²) < 4.78 is 0. The van der Waals surface area contributed by atoms with Gasteiger partial charge in [0.1, 0.15) is 17.3 Å². The molecule has 2 heterocycles. The molecular formula is C13H16ClN3S. The molecule has 0 bridgehead atoms. The van der Waals surface area contributed by atoms with E-state index in [4.69, 9.17) is 11.6 Å². The van der Waals surface area contributed by atoms with Crippen molar-refractivity contribution in [2.24, 2.45) is 0 Å². The minimum absolute atomic E-state index is 0.569. The zero-order chi connectivity index (χ0) is 13.0. The van der Waals surface area contributed by atoms with Gasteiger partial charge >= 0.3 is 0 Å². The molecule has 0 aliphatic heterocycles. The summed E-state index contributed by atoms with van der Waals surface area (Å²) >= 11 is 7.87. The summed E-state index contributed by atoms with van der Waals surface area (Å²) in [6.45, 7) is 2.97. The summed E-state index contributed by atoms with van der Waals surface area (Å²) in [7, 11) is 2.04. The first kappa shape index (κ1) is 13.3. The van der Waals surface area contributed by atoms with E-state index in [1.54, 1.807) is 11.3 Å². The Morgan fingerprint density at radius 3 is 2.89 bits per heavy atom. The molecule has 0 N–H and O–H groups in total. The highest BCUT2D eigenvalue weighted by atomic mass is 35.5. The van der Waals surface area contributed by atoms with Crippen molar-refractivity contribution >= 4 is 28.8 Å². The number of nitrogens with zero attached hydrogens (tertiary/aromatic N) is 3. The van der Waals surface area contributed by atoms with Crippen LogP contribution in [0, 0.1) is 0 Å². The van der Waals surface area contributed by atoms with Crippen molar-refractivity contribution in [2.45, 2.75) is 26.3 Å². The summed E-state index contributed by atoms with van der Waals surface area (Å²) in [5, 5.41) is 4.81. The van der Waals surface area contributed by atoms with E-state index in [9.17, 15) is 0 Å². The van der Waals surface area contributed by atoms with Crippen LogP contribution in [-0.4, -0.2) is 17.0 Å². The Bertz CT molecular complexity index is 499. The van der Waals surface area contributed by atoms with Gasteiger partial charge in [0.2, 0.25) is 0 Å². The molecule has 96 valence electrons. The van der Waals surface area contributed by atoms with E-state index in [0.717, 1.165) is 30.8 Å². The minimum atomic E-state index is 0.569. The molecule has 0 radical (unpaired) electrons. The number of hydrogen-bond donors (Lipinski definition) is 0. The molecule has 2 aromatic heterocycles. The molecule has 0 saturated carbocycles. The number of aromatic nitrogens is 2. The molecule has 5 heteroatoms. The lowest BCUT2D eigenvalue weighted by Crippen LogP contribution is -2.19. The fourth-order valence-corrected chi connectivity index (χ4v) is 2.79. The number of rotatable bonds is 5. The molecule has 0 fully saturated rings. The fraction of sp³-hybridized carbons (Fsp3) is 0.385. The maximum Gasteiger partial charge on any atom is 0.137 e. The second kappa shape index (κ2) is 6.16. The van der Waals surface area contributed by atoms with Gasteiger partial charge in [-0.3, -0.25) is 0 Å². The Morgan fingerprint density at radius 2 is 2.22 bits per heavy atom. The summed E-state index contributed by atoms with van der Waals surface area (Å²) in [6, 6.07) is 2.13. The Morgan fingerprint density at radius 1 is 1.39 bits per heavy atom. The average Bonchev–Trinajstić information content (AvgIpc) is 2.84. The second-order valence-corrected chi connectivity index (χ2v) is 5.34. The summed E-state index contributed by atoms with van der Waals surface area (Å²) in [5.41, 5.74) is 2.33. The van der Waals surface area contributed by atoms with Gasteiger partial charge in [0.05, 0.1) is 0 Å². The predicted molar refractivity (Wildman–Crippen MR) is 77.5 cm³/mol. The van der Waals surface area contributed by atoms with Crippen molar-refractivity contribution in [1.29, 1.82) is 0 Å². The Balaban J connectivity index is 2.23. The monoisotopic (exact) mass is 281 g/mol. The third kappa shape index (κ3) is 3.00. The largest absolute Gasteiger partial charge is 0.355 e. The minimum Gasteiger partial charge on any atom is -0.355 e. The van der Waals surface area contributed by atoms with Crippen molar-refractivity contribution in [3.8, 4) is 0 Å². The number of halogens is 1. The van der Waals surface area contributed by atoms with Gasteiger partial charge in [-0.1, -0.05) is 24.9 Å². The third-order valence-electron chi connectivity index (χ3n) is 2.73. The van der Waals surface area contributed by atoms with E-state index in [1.165, 1.54) is 11.9 Å². The van der Waals surface area contributed by atoms with Crippen molar-refractivity contribution < 1.29 is 0 Å². The van der Waals surface area contributed by atoms with Gasteiger partial charge in [-0.2, -0.15) is 11.3 Å². The third-order valence-corrected chi connectivity index (χ3v) is 3.79. The molecule has 0 amide bonds. The van der Waals surface area contributed by atoms with Gasteiger partial charge in [0.15, 0.2) is 0 Å². The van der Waals surface area contributed by atoms with Crippen molar-refractivity contribution in [2.75, 3.05) is 11.9 Å². The van der Waals surface area contributed by atoms with E-state index < -0.39 is 0 Å². The number of hydrogen-bond acceptors (Lipinski definition) is 4. The average molecular weight is 282 g/mol. The quantitative estimate of drug-likeness (QED) is 0.781. The molecule has 2 rings (SSSR count). The lowest BCUT2D eigenvalue weighted by atomic mass is 10.1. The van der Waals surface area contributed by atoms with Crippen LogP contribution in [-0.2, 0) is 13.0 Å². The summed E-state index contributed by atoms with van der Waals surface area (Å²) in [6.07, 6.45) is 3.47. The van der Waals surface area contributed by atoms with Gasteiger partial charge in [-0.05, 0) is 28.8 Å². The van der Waals surface area contributed by atoms with Crippen LogP contribution in [0.1, 0.15) is 24.5 Å². The smallest absolute Gasteiger partial charge is 0.137 e. The van der Waals surface area contributed by atoms with E-state index in [1.807, 2.05) is 7.05 Å². The highest BCUT2D eigenvalue weighted by molar-refractivity contribution is 7.07. The van der Waals surface area contributed by atoms with E-state index >= 15 is 0 Å². The SMILES string of the molecule is CCCc1c(Cl)ncnc1N(C)Cc1ccsc1. The lowest BCUT2D eigenvalue weighted by molar-refractivity contribution is 0.844. The van der Waals surface area contributed by atoms with Crippen LogP contribution in [0.5, 0.6) is 0 Å². The number of thiophene rings is 1. The molecular weight excluding hydrogens is 266 g/mol. The van der Waals surface area contributed by atoms with Crippen LogP contribution < -0.4 is 4.90 Å². The fourth-order valence-electron chi connectivity index (χ4n) is 1.91. The second-order valence-electron chi connectivity index (χ2n) is 4.20. The zero-order valence-corrected chi connectivity index (χ0v) is 12.1. The van der Waals surface area contributed by atoms with E-state index in [0.29, 0.717) is 5.15 Å². The Labute approximate surface area is 116 Å². The zero-order valence-electron chi connectivity index (χ0n) is 10.6. The van der Waals surface area contributed by atoms with Crippen molar-refractivity contribution in [3.05, 3.63) is 39.4 Å². The van der Waals surface area contributed by atoms with Gasteiger partial charge in [0, 0.05) is 19.2 Å². The maximum atomic E-state index is 6.16. The number of anilines is 1. The Hall–Kier alpha value is -1.13. The topological polar surface area (TPSA) is 29.0 Å². The molecule has 2 aromatic rings. The highest BCUT2D eigenvalue weighted by Crippen LogP contribution is 2.25. The molecule has 0 aromatic carbocycles. The molecule has 3 nitrogen and oxygen atoms in total. The van der Waals surface area contributed by atoms with Crippen LogP contribution >= 0.6 is 22.9 Å². The highest BCUT2D eigenvalue weighted by Gasteiger charge is 2.13. The normalized spacial score (nSPS) is 10.6. The first-order chi connectivity index (χ1) is 8.72. The van der Waals surface area contributed by atoms with Crippen LogP contribution in [0.15, 0.2) is 23.2 Å². The van der Waals surface area contributed by atoms with Gasteiger partial charge in [-0.25, -0.2) is 9.97 Å². The summed E-state index contributed by atoms with van der Waals surface area (Å²) in [4.78, 5) is 10.6.